The van der Waals surface area contributed by atoms with E-state index in [1.54, 1.807) is 13.0 Å². The van der Waals surface area contributed by atoms with Crippen molar-refractivity contribution in [3.05, 3.63) is 35.4 Å². The van der Waals surface area contributed by atoms with Crippen molar-refractivity contribution in [3.63, 3.8) is 0 Å². The lowest BCUT2D eigenvalue weighted by molar-refractivity contribution is -0.116. The molecule has 0 aliphatic carbocycles. The minimum Gasteiger partial charge on any atom is -0.435 e. The molecule has 0 spiro atoms. The van der Waals surface area contributed by atoms with Crippen molar-refractivity contribution in [1.82, 2.24) is 5.32 Å². The summed E-state index contributed by atoms with van der Waals surface area (Å²) in [6, 6.07) is 7.42. The molecule has 0 aromatic heterocycles. The Morgan fingerprint density at radius 1 is 1.47 bits per heavy atom. The van der Waals surface area contributed by atoms with Gasteiger partial charge in [-0.1, -0.05) is 12.1 Å². The highest BCUT2D eigenvalue weighted by Crippen LogP contribution is 2.16. The van der Waals surface area contributed by atoms with E-state index in [0.29, 0.717) is 12.1 Å². The molecule has 6 heteroatoms. The van der Waals surface area contributed by atoms with Gasteiger partial charge in [0.25, 0.3) is 5.91 Å². The Kier molecular flexibility index (Phi) is 5.48. The number of carbonyl (C=O) groups excluding carboxylic acids is 1. The standard InChI is InChI=1S/C13H12F2N2O2/c1-2-17-12(18)10(8-16)7-9-3-5-11(6-4-9)19-13(14)15/h3-7,13H,2H2,1H3,(H,17,18)/b10-7+. The third-order valence-electron chi connectivity index (χ3n) is 2.12. The molecule has 4 nitrogen and oxygen atoms in total. The molecule has 0 unspecified atom stereocenters. The highest BCUT2D eigenvalue weighted by atomic mass is 19.3. The van der Waals surface area contributed by atoms with E-state index in [-0.39, 0.29) is 11.3 Å². The van der Waals surface area contributed by atoms with E-state index >= 15 is 0 Å². The highest BCUT2D eigenvalue weighted by Gasteiger charge is 2.08. The summed E-state index contributed by atoms with van der Waals surface area (Å²) >= 11 is 0. The number of alkyl halides is 2. The van der Waals surface area contributed by atoms with Crippen LogP contribution < -0.4 is 10.1 Å². The lowest BCUT2D eigenvalue weighted by Crippen LogP contribution is -2.23. The number of likely N-dealkylation sites (N-methyl/N-ethyl adjacent to an activating group) is 1. The molecule has 1 aromatic rings. The van der Waals surface area contributed by atoms with Crippen LogP contribution in [0.3, 0.4) is 0 Å². The monoisotopic (exact) mass is 266 g/mol. The Morgan fingerprint density at radius 2 is 2.11 bits per heavy atom. The zero-order chi connectivity index (χ0) is 14.3. The van der Waals surface area contributed by atoms with Gasteiger partial charge in [0.1, 0.15) is 17.4 Å². The minimum atomic E-state index is -2.88. The molecule has 0 saturated heterocycles. The average Bonchev–Trinajstić information content (AvgIpc) is 2.37. The van der Waals surface area contributed by atoms with E-state index in [9.17, 15) is 13.6 Å². The van der Waals surface area contributed by atoms with Crippen LogP contribution >= 0.6 is 0 Å². The zero-order valence-electron chi connectivity index (χ0n) is 10.2. The van der Waals surface area contributed by atoms with Crippen LogP contribution in [0.5, 0.6) is 5.75 Å². The Morgan fingerprint density at radius 3 is 2.58 bits per heavy atom. The molecule has 0 bridgehead atoms. The van der Waals surface area contributed by atoms with Crippen LogP contribution in [-0.4, -0.2) is 19.1 Å². The molecule has 0 fully saturated rings. The van der Waals surface area contributed by atoms with Gasteiger partial charge in [-0.3, -0.25) is 4.79 Å². The maximum absolute atomic E-state index is 11.9. The number of nitriles is 1. The number of hydrogen-bond acceptors (Lipinski definition) is 3. The topological polar surface area (TPSA) is 62.1 Å². The van der Waals surface area contributed by atoms with Crippen molar-refractivity contribution in [2.24, 2.45) is 0 Å². The Hall–Kier alpha value is -2.42. The third kappa shape index (κ3) is 4.76. The Balaban J connectivity index is 2.85. The molecular formula is C13H12F2N2O2. The van der Waals surface area contributed by atoms with Crippen molar-refractivity contribution >= 4 is 12.0 Å². The molecule has 0 aliphatic heterocycles. The lowest BCUT2D eigenvalue weighted by Gasteiger charge is -2.04. The summed E-state index contributed by atoms with van der Waals surface area (Å²) in [7, 11) is 0. The summed E-state index contributed by atoms with van der Waals surface area (Å²) in [4.78, 5) is 11.5. The van der Waals surface area contributed by atoms with Crippen molar-refractivity contribution in [2.75, 3.05) is 6.54 Å². The van der Waals surface area contributed by atoms with Crippen LogP contribution in [0.1, 0.15) is 12.5 Å². The zero-order valence-corrected chi connectivity index (χ0v) is 10.2. The lowest BCUT2D eigenvalue weighted by atomic mass is 10.1. The maximum Gasteiger partial charge on any atom is 0.387 e. The summed E-state index contributed by atoms with van der Waals surface area (Å²) in [5.41, 5.74) is 0.494. The van der Waals surface area contributed by atoms with Gasteiger partial charge >= 0.3 is 6.61 Å². The van der Waals surface area contributed by atoms with Crippen LogP contribution in [0.25, 0.3) is 6.08 Å². The van der Waals surface area contributed by atoms with Gasteiger partial charge in [0.2, 0.25) is 0 Å². The molecule has 1 N–H and O–H groups in total. The number of benzene rings is 1. The second kappa shape index (κ2) is 7.11. The maximum atomic E-state index is 11.9. The number of carbonyl (C=O) groups is 1. The SMILES string of the molecule is CCNC(=O)/C(C#N)=C/c1ccc(OC(F)F)cc1. The third-order valence-corrected chi connectivity index (χ3v) is 2.12. The summed E-state index contributed by atoms with van der Waals surface area (Å²) in [6.45, 7) is -0.728. The first-order chi connectivity index (χ1) is 9.06. The predicted molar refractivity (Wildman–Crippen MR) is 65.3 cm³/mol. The summed E-state index contributed by atoms with van der Waals surface area (Å²) in [6.07, 6.45) is 1.37. The second-order valence-electron chi connectivity index (χ2n) is 3.48. The molecule has 0 saturated carbocycles. The quantitative estimate of drug-likeness (QED) is 0.657. The number of halogens is 2. The molecule has 0 atom stereocenters. The number of amides is 1. The molecule has 100 valence electrons. The van der Waals surface area contributed by atoms with Crippen molar-refractivity contribution in [1.29, 1.82) is 5.26 Å². The summed E-state index contributed by atoms with van der Waals surface area (Å²) in [5.74, 6) is -0.457. The van der Waals surface area contributed by atoms with Gasteiger partial charge < -0.3 is 10.1 Å². The van der Waals surface area contributed by atoms with Gasteiger partial charge in [0.15, 0.2) is 0 Å². The Labute approximate surface area is 109 Å². The fourth-order valence-corrected chi connectivity index (χ4v) is 1.32. The first-order valence-corrected chi connectivity index (χ1v) is 5.51. The van der Waals surface area contributed by atoms with Crippen molar-refractivity contribution in [3.8, 4) is 11.8 Å². The molecule has 0 aliphatic rings. The van der Waals surface area contributed by atoms with Gasteiger partial charge in [-0.2, -0.15) is 14.0 Å². The first-order valence-electron chi connectivity index (χ1n) is 5.51. The van der Waals surface area contributed by atoms with Gasteiger partial charge in [-0.25, -0.2) is 0 Å². The van der Waals surface area contributed by atoms with E-state index in [4.69, 9.17) is 5.26 Å². The van der Waals surface area contributed by atoms with Gasteiger partial charge in [-0.05, 0) is 30.7 Å². The van der Waals surface area contributed by atoms with Crippen LogP contribution in [0, 0.1) is 11.3 Å². The first kappa shape index (κ1) is 14.6. The molecule has 0 heterocycles. The van der Waals surface area contributed by atoms with E-state index in [1.165, 1.54) is 30.3 Å². The highest BCUT2D eigenvalue weighted by molar-refractivity contribution is 6.01. The van der Waals surface area contributed by atoms with Gasteiger partial charge in [0, 0.05) is 6.54 Å². The average molecular weight is 266 g/mol. The van der Waals surface area contributed by atoms with Crippen LogP contribution in [0.15, 0.2) is 29.8 Å². The van der Waals surface area contributed by atoms with Gasteiger partial charge in [-0.15, -0.1) is 0 Å². The van der Waals surface area contributed by atoms with Crippen molar-refractivity contribution < 1.29 is 18.3 Å². The molecule has 19 heavy (non-hydrogen) atoms. The number of nitrogens with one attached hydrogen (secondary N) is 1. The number of rotatable bonds is 5. The largest absolute Gasteiger partial charge is 0.435 e. The van der Waals surface area contributed by atoms with E-state index in [0.717, 1.165) is 0 Å². The van der Waals surface area contributed by atoms with Crippen LogP contribution in [0.4, 0.5) is 8.78 Å². The molecule has 1 aromatic carbocycles. The molecule has 0 radical (unpaired) electrons. The fourth-order valence-electron chi connectivity index (χ4n) is 1.32. The minimum absolute atomic E-state index is 0.0173. The van der Waals surface area contributed by atoms with E-state index < -0.39 is 12.5 Å². The summed E-state index contributed by atoms with van der Waals surface area (Å²) in [5, 5.41) is 11.4. The van der Waals surface area contributed by atoms with E-state index in [1.807, 2.05) is 0 Å². The molecule has 1 amide bonds. The second-order valence-corrected chi connectivity index (χ2v) is 3.48. The van der Waals surface area contributed by atoms with E-state index in [2.05, 4.69) is 10.1 Å². The van der Waals surface area contributed by atoms with Crippen LogP contribution in [-0.2, 0) is 4.79 Å². The van der Waals surface area contributed by atoms with Crippen molar-refractivity contribution in [2.45, 2.75) is 13.5 Å². The predicted octanol–water partition coefficient (Wildman–Crippen LogP) is 2.33. The molecule has 1 rings (SSSR count). The number of ether oxygens (including phenoxy) is 1. The smallest absolute Gasteiger partial charge is 0.387 e. The van der Waals surface area contributed by atoms with Crippen LogP contribution in [0.2, 0.25) is 0 Å². The Bertz CT molecular complexity index is 504. The normalized spacial score (nSPS) is 11.0. The fraction of sp³-hybridized carbons (Fsp3) is 0.231. The number of nitrogens with zero attached hydrogens (tertiary/aromatic N) is 1. The summed E-state index contributed by atoms with van der Waals surface area (Å²) < 4.78 is 28.1. The van der Waals surface area contributed by atoms with Gasteiger partial charge in [0.05, 0.1) is 0 Å². The number of hydrogen-bond donors (Lipinski definition) is 1. The molecular weight excluding hydrogens is 254 g/mol.